The van der Waals surface area contributed by atoms with Gasteiger partial charge in [-0.25, -0.2) is 0 Å². The molecule has 12 aromatic rings. The van der Waals surface area contributed by atoms with E-state index >= 15 is 0 Å². The number of aromatic nitrogens is 2. The number of benzene rings is 10. The van der Waals surface area contributed by atoms with Crippen LogP contribution in [-0.2, 0) is 6.42 Å². The molecule has 2 heterocycles. The van der Waals surface area contributed by atoms with Crippen molar-refractivity contribution < 1.29 is 0 Å². The van der Waals surface area contributed by atoms with Gasteiger partial charge in [-0.15, -0.1) is 0 Å². The Morgan fingerprint density at radius 1 is 0.432 bits per heavy atom. The van der Waals surface area contributed by atoms with Crippen LogP contribution in [0.25, 0.3) is 106 Å². The molecule has 0 spiro atoms. The lowest BCUT2D eigenvalue weighted by Crippen LogP contribution is -2.12. The third kappa shape index (κ3) is 9.94. The summed E-state index contributed by atoms with van der Waals surface area (Å²) in [6.07, 6.45) is 18.9. The molecule has 1 aliphatic rings. The molecule has 3 heteroatoms. The van der Waals surface area contributed by atoms with E-state index in [2.05, 4.69) is 313 Å². The van der Waals surface area contributed by atoms with Gasteiger partial charge in [0.2, 0.25) is 0 Å². The Kier molecular flexibility index (Phi) is 13.7. The normalized spacial score (nSPS) is 12.4. The average Bonchev–Trinajstić information content (AvgIpc) is 4.19. The van der Waals surface area contributed by atoms with Crippen LogP contribution >= 0.6 is 0 Å². The molecule has 0 saturated heterocycles. The highest BCUT2D eigenvalue weighted by Gasteiger charge is 2.20. The standard InChI is InChI=1S/C78H59N3/c1-4-57(61-35-37-62(38-36-61)59-18-7-5-8-19-59)22-17-53-79(68-46-43-65(44-47-68)64-41-39-63(40-42-64)60-20-9-6-10-21-60)56(3)30-29-55(2)58-31-33-66(34-32-58)67-45-52-78-74(54-67)73-25-13-16-28-77(73)81(78)70-50-48-69(49-51-70)80-75-26-14-11-23-71(75)72-24-12-15-27-76(72)80/h4-12,14-24,26-54H,1-3,13,25H2. The number of para-hydroxylation sites is 2. The summed E-state index contributed by atoms with van der Waals surface area (Å²) in [5.74, 6) is 0. The van der Waals surface area contributed by atoms with E-state index in [0.717, 1.165) is 74.6 Å². The van der Waals surface area contributed by atoms with E-state index in [9.17, 15) is 0 Å². The van der Waals surface area contributed by atoms with E-state index in [0.29, 0.717) is 0 Å². The van der Waals surface area contributed by atoms with Gasteiger partial charge in [0.25, 0.3) is 0 Å². The van der Waals surface area contributed by atoms with E-state index < -0.39 is 0 Å². The van der Waals surface area contributed by atoms with E-state index in [-0.39, 0.29) is 0 Å². The fourth-order valence-electron chi connectivity index (χ4n) is 11.5. The van der Waals surface area contributed by atoms with E-state index in [1.807, 2.05) is 18.2 Å². The van der Waals surface area contributed by atoms with Crippen molar-refractivity contribution in [3.05, 3.63) is 339 Å². The van der Waals surface area contributed by atoms with Crippen LogP contribution in [0.3, 0.4) is 0 Å². The van der Waals surface area contributed by atoms with Crippen LogP contribution in [0.15, 0.2) is 317 Å². The molecule has 3 nitrogen and oxygen atoms in total. The zero-order valence-corrected chi connectivity index (χ0v) is 45.2. The molecular weight excluding hydrogens is 979 g/mol. The minimum Gasteiger partial charge on any atom is -0.318 e. The van der Waals surface area contributed by atoms with Gasteiger partial charge < -0.3 is 14.0 Å². The lowest BCUT2D eigenvalue weighted by Gasteiger charge is -2.21. The van der Waals surface area contributed by atoms with E-state index in [1.54, 1.807) is 0 Å². The third-order valence-electron chi connectivity index (χ3n) is 15.8. The van der Waals surface area contributed by atoms with Crippen molar-refractivity contribution in [2.24, 2.45) is 0 Å². The first-order chi connectivity index (χ1) is 40.0. The minimum absolute atomic E-state index is 0.794. The lowest BCUT2D eigenvalue weighted by molar-refractivity contribution is 0.967. The summed E-state index contributed by atoms with van der Waals surface area (Å²) in [5.41, 5.74) is 23.9. The van der Waals surface area contributed by atoms with Crippen molar-refractivity contribution in [3.8, 4) is 55.9 Å². The highest BCUT2D eigenvalue weighted by Crippen LogP contribution is 2.39. The zero-order valence-electron chi connectivity index (χ0n) is 45.2. The number of allylic oxidation sites excluding steroid dienone is 8. The van der Waals surface area contributed by atoms with Gasteiger partial charge in [-0.2, -0.15) is 0 Å². The summed E-state index contributed by atoms with van der Waals surface area (Å²) >= 11 is 0. The minimum atomic E-state index is 0.794. The number of hydrogen-bond acceptors (Lipinski definition) is 1. The highest BCUT2D eigenvalue weighted by molar-refractivity contribution is 6.09. The predicted molar refractivity (Wildman–Crippen MR) is 347 cm³/mol. The summed E-state index contributed by atoms with van der Waals surface area (Å²) in [6.45, 7) is 13.3. The lowest BCUT2D eigenvalue weighted by atomic mass is 9.97. The van der Waals surface area contributed by atoms with Gasteiger partial charge in [0.1, 0.15) is 0 Å². The molecule has 386 valence electrons. The van der Waals surface area contributed by atoms with E-state index in [1.165, 1.54) is 71.8 Å². The molecule has 0 N–H and O–H groups in total. The maximum atomic E-state index is 4.59. The number of hydrogen-bond donors (Lipinski definition) is 0. The Morgan fingerprint density at radius 2 is 0.901 bits per heavy atom. The first-order valence-corrected chi connectivity index (χ1v) is 27.8. The Balaban J connectivity index is 0.748. The zero-order chi connectivity index (χ0) is 54.7. The SMILES string of the molecule is C=CC(=CC=CN(C(=C)C=CC(=C)c1ccc(-c2ccc3c(c2)c2c(n3-c3ccc(-n4c5ccccc5c5ccccc54)cc3)C=CCC2)cc1)c1ccc(-c2ccc(-c3ccccc3)cc2)cc1)c1ccc(-c2ccccc2)cc1. The Bertz CT molecular complexity index is 4370. The van der Waals surface area contributed by atoms with E-state index in [4.69, 9.17) is 0 Å². The van der Waals surface area contributed by atoms with Crippen LogP contribution in [0.4, 0.5) is 5.69 Å². The largest absolute Gasteiger partial charge is 0.318 e. The van der Waals surface area contributed by atoms with Gasteiger partial charge >= 0.3 is 0 Å². The Morgan fingerprint density at radius 3 is 1.48 bits per heavy atom. The topological polar surface area (TPSA) is 13.1 Å². The third-order valence-corrected chi connectivity index (χ3v) is 15.8. The fraction of sp³-hybridized carbons (Fsp3) is 0.0256. The van der Waals surface area contributed by atoms with Gasteiger partial charge in [0.15, 0.2) is 0 Å². The Labute approximate surface area is 475 Å². The molecule has 2 aromatic heterocycles. The molecule has 81 heavy (non-hydrogen) atoms. The summed E-state index contributed by atoms with van der Waals surface area (Å²) in [6, 6.07) is 89.2. The van der Waals surface area contributed by atoms with Gasteiger partial charge in [-0.05, 0) is 164 Å². The van der Waals surface area contributed by atoms with Crippen LogP contribution < -0.4 is 4.90 Å². The first kappa shape index (κ1) is 50.1. The highest BCUT2D eigenvalue weighted by atomic mass is 15.1. The second-order valence-electron chi connectivity index (χ2n) is 20.7. The van der Waals surface area contributed by atoms with Gasteiger partial charge in [0, 0.05) is 50.8 Å². The van der Waals surface area contributed by atoms with Gasteiger partial charge in [0.05, 0.1) is 16.6 Å². The van der Waals surface area contributed by atoms with Gasteiger partial charge in [-0.3, -0.25) is 0 Å². The summed E-state index contributed by atoms with van der Waals surface area (Å²) in [7, 11) is 0. The molecule has 0 bridgehead atoms. The van der Waals surface area contributed by atoms with Crippen molar-refractivity contribution >= 4 is 55.6 Å². The predicted octanol–water partition coefficient (Wildman–Crippen LogP) is 20.7. The van der Waals surface area contributed by atoms with Crippen LogP contribution in [0.2, 0.25) is 0 Å². The first-order valence-electron chi connectivity index (χ1n) is 27.8. The number of nitrogens with zero attached hydrogens (tertiary/aromatic N) is 3. The van der Waals surface area contributed by atoms with Crippen molar-refractivity contribution in [2.45, 2.75) is 12.8 Å². The maximum absolute atomic E-state index is 4.59. The van der Waals surface area contributed by atoms with Crippen LogP contribution in [0.5, 0.6) is 0 Å². The monoisotopic (exact) mass is 1040 g/mol. The number of rotatable bonds is 15. The van der Waals surface area contributed by atoms with Crippen LogP contribution in [-0.4, -0.2) is 9.13 Å². The molecule has 0 fully saturated rings. The maximum Gasteiger partial charge on any atom is 0.0541 e. The number of aryl methyl sites for hydroxylation is 1. The van der Waals surface area contributed by atoms with Crippen molar-refractivity contribution in [2.75, 3.05) is 4.90 Å². The molecular formula is C78H59N3. The molecule has 0 aliphatic heterocycles. The number of anilines is 1. The average molecular weight is 1040 g/mol. The summed E-state index contributed by atoms with van der Waals surface area (Å²) in [5, 5.41) is 3.83. The molecule has 0 amide bonds. The van der Waals surface area contributed by atoms with Crippen molar-refractivity contribution in [1.82, 2.24) is 9.13 Å². The summed E-state index contributed by atoms with van der Waals surface area (Å²) < 4.78 is 4.82. The smallest absolute Gasteiger partial charge is 0.0541 e. The van der Waals surface area contributed by atoms with Crippen LogP contribution in [0, 0.1) is 0 Å². The Hall–Kier alpha value is -10.5. The molecule has 10 aromatic carbocycles. The molecule has 13 rings (SSSR count). The second kappa shape index (κ2) is 22.1. The molecule has 1 aliphatic carbocycles. The summed E-state index contributed by atoms with van der Waals surface area (Å²) in [4.78, 5) is 2.12. The quantitative estimate of drug-likeness (QED) is 0.0933. The molecule has 0 atom stereocenters. The van der Waals surface area contributed by atoms with Crippen molar-refractivity contribution in [3.63, 3.8) is 0 Å². The van der Waals surface area contributed by atoms with Crippen molar-refractivity contribution in [1.29, 1.82) is 0 Å². The van der Waals surface area contributed by atoms with Crippen LogP contribution in [0.1, 0.15) is 28.8 Å². The van der Waals surface area contributed by atoms with Gasteiger partial charge in [-0.1, -0.05) is 232 Å². The fourth-order valence-corrected chi connectivity index (χ4v) is 11.5. The molecule has 0 unspecified atom stereocenters. The molecule has 0 saturated carbocycles. The number of fused-ring (bicyclic) bond motifs is 6. The molecule has 0 radical (unpaired) electrons. The second-order valence-corrected chi connectivity index (χ2v) is 20.7.